The van der Waals surface area contributed by atoms with Gasteiger partial charge in [-0.15, -0.1) is 5.10 Å². The van der Waals surface area contributed by atoms with Crippen LogP contribution in [0.4, 0.5) is 0 Å². The lowest BCUT2D eigenvalue weighted by Crippen LogP contribution is -2.38. The quantitative estimate of drug-likeness (QED) is 0.545. The van der Waals surface area contributed by atoms with E-state index >= 15 is 0 Å². The van der Waals surface area contributed by atoms with E-state index in [-0.39, 0.29) is 11.8 Å². The molecule has 0 spiro atoms. The molecule has 1 atom stereocenters. The van der Waals surface area contributed by atoms with Gasteiger partial charge in [-0.3, -0.25) is 9.48 Å². The summed E-state index contributed by atoms with van der Waals surface area (Å²) in [7, 11) is 1.91. The maximum absolute atomic E-state index is 13.2. The lowest BCUT2D eigenvalue weighted by Gasteiger charge is -2.34. The highest BCUT2D eigenvalue weighted by Gasteiger charge is 2.31. The molecule has 0 radical (unpaired) electrons. The van der Waals surface area contributed by atoms with Crippen LogP contribution in [0.1, 0.15) is 33.1 Å². The second-order valence-electron chi connectivity index (χ2n) is 7.24. The Morgan fingerprint density at radius 1 is 1.00 bits per heavy atom. The fraction of sp³-hybridized carbons (Fsp3) is 0.182. The number of carbonyl (C=O) groups excluding carboxylic acids is 1. The zero-order chi connectivity index (χ0) is 19.8. The molecule has 29 heavy (non-hydrogen) atoms. The molecule has 3 heterocycles. The molecule has 5 rings (SSSR count). The molecule has 2 aromatic carbocycles. The van der Waals surface area contributed by atoms with E-state index in [9.17, 15) is 4.79 Å². The normalized spacial score (nSPS) is 15.9. The third kappa shape index (κ3) is 3.20. The molecule has 0 saturated heterocycles. The molecule has 7 heteroatoms. The minimum Gasteiger partial charge on any atom is -0.332 e. The number of amides is 1. The Balaban J connectivity index is 1.46. The molecule has 144 valence electrons. The topological polar surface area (TPSA) is 68.8 Å². The van der Waals surface area contributed by atoms with Crippen LogP contribution in [0.3, 0.4) is 0 Å². The highest BCUT2D eigenvalue weighted by atomic mass is 16.2. The number of para-hydroxylation sites is 1. The molecule has 0 aliphatic carbocycles. The Labute approximate surface area is 168 Å². The van der Waals surface area contributed by atoms with E-state index in [4.69, 9.17) is 0 Å². The molecular weight excluding hydrogens is 364 g/mol. The molecule has 0 N–H and O–H groups in total. The van der Waals surface area contributed by atoms with Gasteiger partial charge in [0.1, 0.15) is 0 Å². The van der Waals surface area contributed by atoms with E-state index < -0.39 is 0 Å². The Kier molecular flexibility index (Phi) is 4.20. The van der Waals surface area contributed by atoms with E-state index in [1.165, 1.54) is 16.6 Å². The number of rotatable bonds is 3. The van der Waals surface area contributed by atoms with Crippen LogP contribution in [0.15, 0.2) is 73.2 Å². The van der Waals surface area contributed by atoms with Crippen LogP contribution < -0.4 is 0 Å². The number of nitrogens with zero attached hydrogens (tertiary/aromatic N) is 6. The van der Waals surface area contributed by atoms with E-state index in [2.05, 4.69) is 27.4 Å². The molecule has 0 saturated carbocycles. The fourth-order valence-electron chi connectivity index (χ4n) is 3.88. The largest absolute Gasteiger partial charge is 0.332 e. The highest BCUT2D eigenvalue weighted by molar-refractivity contribution is 5.92. The van der Waals surface area contributed by atoms with Crippen LogP contribution in [0.5, 0.6) is 0 Å². The molecule has 7 nitrogen and oxygen atoms in total. The van der Waals surface area contributed by atoms with Gasteiger partial charge < -0.3 is 4.90 Å². The Hall–Kier alpha value is -3.74. The van der Waals surface area contributed by atoms with Crippen LogP contribution in [0, 0.1) is 0 Å². The van der Waals surface area contributed by atoms with Crippen LogP contribution in [-0.4, -0.2) is 42.1 Å². The molecule has 0 unspecified atom stereocenters. The van der Waals surface area contributed by atoms with Crippen molar-refractivity contribution in [2.45, 2.75) is 12.5 Å². The first-order valence-electron chi connectivity index (χ1n) is 9.52. The minimum atomic E-state index is -0.115. The second kappa shape index (κ2) is 7.01. The van der Waals surface area contributed by atoms with E-state index in [0.29, 0.717) is 18.8 Å². The lowest BCUT2D eigenvalue weighted by molar-refractivity contribution is 0.0718. The Morgan fingerprint density at radius 2 is 1.79 bits per heavy atom. The van der Waals surface area contributed by atoms with Crippen molar-refractivity contribution in [2.24, 2.45) is 7.05 Å². The van der Waals surface area contributed by atoms with Gasteiger partial charge in [0.2, 0.25) is 0 Å². The van der Waals surface area contributed by atoms with Crippen molar-refractivity contribution in [3.8, 4) is 5.69 Å². The summed E-state index contributed by atoms with van der Waals surface area (Å²) in [6, 6.07) is 17.9. The smallest absolute Gasteiger partial charge is 0.276 e. The molecule has 0 bridgehead atoms. The predicted molar refractivity (Wildman–Crippen MR) is 108 cm³/mol. The molecular formula is C22H20N6O. The van der Waals surface area contributed by atoms with Crippen molar-refractivity contribution < 1.29 is 4.79 Å². The summed E-state index contributed by atoms with van der Waals surface area (Å²) in [6.45, 7) is 1.14. The molecule has 1 aliphatic heterocycles. The average Bonchev–Trinajstić information content (AvgIpc) is 3.42. The lowest BCUT2D eigenvalue weighted by atomic mass is 9.86. The van der Waals surface area contributed by atoms with Gasteiger partial charge in [-0.1, -0.05) is 42.5 Å². The molecule has 1 amide bonds. The SMILES string of the molecule is Cn1cc([C@@H]2CN(C(=O)c3cnn(-c4ccccc4)n3)Cc3ccccc32)cn1. The Bertz CT molecular complexity index is 1160. The van der Waals surface area contributed by atoms with Crippen molar-refractivity contribution >= 4 is 5.91 Å². The van der Waals surface area contributed by atoms with Gasteiger partial charge in [0.25, 0.3) is 5.91 Å². The van der Waals surface area contributed by atoms with Gasteiger partial charge in [0, 0.05) is 32.3 Å². The summed E-state index contributed by atoms with van der Waals surface area (Å²) < 4.78 is 1.80. The van der Waals surface area contributed by atoms with Crippen LogP contribution in [-0.2, 0) is 13.6 Å². The standard InChI is InChI=1S/C22H20N6O/c1-26-13-17(11-23-26)20-15-27(14-16-7-5-6-10-19(16)20)22(29)21-12-24-28(25-21)18-8-3-2-4-9-18/h2-13,20H,14-15H2,1H3/t20-/m0/s1. The monoisotopic (exact) mass is 384 g/mol. The molecule has 0 fully saturated rings. The zero-order valence-corrected chi connectivity index (χ0v) is 16.0. The molecule has 4 aromatic rings. The van der Waals surface area contributed by atoms with Crippen LogP contribution in [0.25, 0.3) is 5.69 Å². The first kappa shape index (κ1) is 17.4. The minimum absolute atomic E-state index is 0.0850. The summed E-state index contributed by atoms with van der Waals surface area (Å²) in [6.07, 6.45) is 5.43. The van der Waals surface area contributed by atoms with Crippen molar-refractivity contribution in [3.63, 3.8) is 0 Å². The number of carbonyl (C=O) groups is 1. The van der Waals surface area contributed by atoms with Gasteiger partial charge in [0.15, 0.2) is 5.69 Å². The maximum Gasteiger partial charge on any atom is 0.276 e. The van der Waals surface area contributed by atoms with Gasteiger partial charge >= 0.3 is 0 Å². The fourth-order valence-corrected chi connectivity index (χ4v) is 3.88. The van der Waals surface area contributed by atoms with Gasteiger partial charge in [-0.25, -0.2) is 0 Å². The summed E-state index contributed by atoms with van der Waals surface area (Å²) in [5.74, 6) is -0.0302. The number of hydrogen-bond donors (Lipinski definition) is 0. The number of aromatic nitrogens is 5. The summed E-state index contributed by atoms with van der Waals surface area (Å²) in [5, 5.41) is 13.0. The highest BCUT2D eigenvalue weighted by Crippen LogP contribution is 2.33. The number of fused-ring (bicyclic) bond motifs is 1. The van der Waals surface area contributed by atoms with Crippen molar-refractivity contribution in [1.82, 2.24) is 29.7 Å². The maximum atomic E-state index is 13.2. The number of hydrogen-bond acceptors (Lipinski definition) is 4. The number of benzene rings is 2. The van der Waals surface area contributed by atoms with Crippen LogP contribution in [0.2, 0.25) is 0 Å². The zero-order valence-electron chi connectivity index (χ0n) is 16.0. The first-order chi connectivity index (χ1) is 14.2. The molecule has 1 aliphatic rings. The summed E-state index contributed by atoms with van der Waals surface area (Å²) in [4.78, 5) is 16.6. The average molecular weight is 384 g/mol. The predicted octanol–water partition coefficient (Wildman–Crippen LogP) is 2.79. The summed E-state index contributed by atoms with van der Waals surface area (Å²) in [5.41, 5.74) is 4.67. The first-order valence-corrected chi connectivity index (χ1v) is 9.52. The van der Waals surface area contributed by atoms with Gasteiger partial charge in [-0.2, -0.15) is 15.0 Å². The summed E-state index contributed by atoms with van der Waals surface area (Å²) >= 11 is 0. The van der Waals surface area contributed by atoms with E-state index in [1.54, 1.807) is 4.68 Å². The van der Waals surface area contributed by atoms with Crippen molar-refractivity contribution in [3.05, 3.63) is 95.6 Å². The van der Waals surface area contributed by atoms with Crippen molar-refractivity contribution in [2.75, 3.05) is 6.54 Å². The third-order valence-electron chi connectivity index (χ3n) is 5.31. The van der Waals surface area contributed by atoms with Crippen LogP contribution >= 0.6 is 0 Å². The van der Waals surface area contributed by atoms with E-state index in [0.717, 1.165) is 16.8 Å². The second-order valence-corrected chi connectivity index (χ2v) is 7.24. The van der Waals surface area contributed by atoms with Gasteiger partial charge in [0.05, 0.1) is 18.1 Å². The van der Waals surface area contributed by atoms with Gasteiger partial charge in [-0.05, 0) is 28.8 Å². The van der Waals surface area contributed by atoms with Crippen molar-refractivity contribution in [1.29, 1.82) is 0 Å². The van der Waals surface area contributed by atoms with E-state index in [1.807, 2.05) is 66.8 Å². The molecule has 2 aromatic heterocycles. The third-order valence-corrected chi connectivity index (χ3v) is 5.31. The number of aryl methyl sites for hydroxylation is 1. The Morgan fingerprint density at radius 3 is 2.59 bits per heavy atom.